The molecule has 7 aromatic carbocycles. The Hall–Kier alpha value is -6.82. The quantitative estimate of drug-likeness (QED) is 0.0936. The number of imidazole rings is 1. The van der Waals surface area contributed by atoms with Crippen LogP contribution in [0.1, 0.15) is 4.11 Å². The number of hydrogen-bond donors (Lipinski definition) is 0. The first-order chi connectivity index (χ1) is 27.9. The summed E-state index contributed by atoms with van der Waals surface area (Å²) in [6.07, 6.45) is 3.62. The Labute approximate surface area is 319 Å². The van der Waals surface area contributed by atoms with E-state index in [2.05, 4.69) is 168 Å². The van der Waals surface area contributed by atoms with Crippen LogP contribution in [0, 0.1) is 0 Å². The second-order valence-corrected chi connectivity index (χ2v) is 17.5. The van der Waals surface area contributed by atoms with Crippen LogP contribution < -0.4 is 25.3 Å². The van der Waals surface area contributed by atoms with Gasteiger partial charge >= 0.3 is 0 Å². The van der Waals surface area contributed by atoms with Crippen LogP contribution in [0.2, 0.25) is 0 Å². The SMILES string of the molecule is [2H]C([2H])([2H])[n+]1cn(-c2cccc([Si](c3ccccc3)(c3ccccc3)c3ccc4c5ccccc5n(-c5cc(-c6ccccc6)ccn5)c4c3)c2)c2ccccc21. The monoisotopic (exact) mass is 712 g/mol. The number of para-hydroxylation sites is 3. The van der Waals surface area contributed by atoms with Gasteiger partial charge in [-0.2, -0.15) is 4.57 Å². The first kappa shape index (κ1) is 28.7. The number of fused-ring (bicyclic) bond motifs is 4. The average Bonchev–Trinajstić information content (AvgIpc) is 3.82. The molecular formula is C49H37N4Si+. The molecule has 0 unspecified atom stereocenters. The third-order valence-corrected chi connectivity index (χ3v) is 15.5. The van der Waals surface area contributed by atoms with Gasteiger partial charge in [-0.05, 0) is 80.4 Å². The fraction of sp³-hybridized carbons (Fsp3) is 0.0204. The van der Waals surface area contributed by atoms with Gasteiger partial charge in [0.15, 0.2) is 19.1 Å². The molecule has 0 spiro atoms. The van der Waals surface area contributed by atoms with Crippen molar-refractivity contribution < 1.29 is 8.68 Å². The summed E-state index contributed by atoms with van der Waals surface area (Å²) in [4.78, 5) is 4.99. The molecule has 0 saturated carbocycles. The molecule has 4 nitrogen and oxygen atoms in total. The number of aromatic nitrogens is 4. The van der Waals surface area contributed by atoms with Crippen molar-refractivity contribution in [3.05, 3.63) is 207 Å². The van der Waals surface area contributed by atoms with Crippen molar-refractivity contribution in [2.75, 3.05) is 0 Å². The highest BCUT2D eigenvalue weighted by molar-refractivity contribution is 7.20. The molecule has 54 heavy (non-hydrogen) atoms. The Kier molecular flexibility index (Phi) is 6.91. The van der Waals surface area contributed by atoms with Crippen LogP contribution in [-0.4, -0.2) is 22.2 Å². The van der Waals surface area contributed by atoms with E-state index >= 15 is 0 Å². The molecule has 10 rings (SSSR count). The molecule has 0 amide bonds. The zero-order valence-electron chi connectivity index (χ0n) is 32.4. The first-order valence-corrected chi connectivity index (χ1v) is 20.2. The van der Waals surface area contributed by atoms with Crippen LogP contribution in [0.3, 0.4) is 0 Å². The molecule has 256 valence electrons. The van der Waals surface area contributed by atoms with Crippen molar-refractivity contribution in [1.29, 1.82) is 0 Å². The Morgan fingerprint density at radius 3 is 1.89 bits per heavy atom. The van der Waals surface area contributed by atoms with E-state index in [-0.39, 0.29) is 0 Å². The molecule has 0 fully saturated rings. The second-order valence-electron chi connectivity index (χ2n) is 13.7. The molecule has 10 aromatic rings. The highest BCUT2D eigenvalue weighted by Crippen LogP contribution is 2.33. The minimum Gasteiger partial charge on any atom is -0.294 e. The van der Waals surface area contributed by atoms with E-state index in [0.29, 0.717) is 5.52 Å². The van der Waals surface area contributed by atoms with E-state index in [1.165, 1.54) is 30.7 Å². The third-order valence-electron chi connectivity index (χ3n) is 10.8. The lowest BCUT2D eigenvalue weighted by molar-refractivity contribution is -0.645. The average molecular weight is 713 g/mol. The van der Waals surface area contributed by atoms with Crippen molar-refractivity contribution >= 4 is 61.7 Å². The largest absolute Gasteiger partial charge is 0.294 e. The Bertz CT molecular complexity index is 3030. The number of rotatable bonds is 7. The number of aryl methyl sites for hydroxylation is 1. The molecule has 0 aliphatic heterocycles. The van der Waals surface area contributed by atoms with Gasteiger partial charge in [0.2, 0.25) is 6.33 Å². The third kappa shape index (κ3) is 5.05. The summed E-state index contributed by atoms with van der Waals surface area (Å²) in [5.41, 5.74) is 6.80. The molecule has 0 aliphatic rings. The van der Waals surface area contributed by atoms with Crippen LogP contribution in [0.4, 0.5) is 0 Å². The minimum atomic E-state index is -3.08. The molecule has 3 aromatic heterocycles. The van der Waals surface area contributed by atoms with Crippen molar-refractivity contribution in [2.24, 2.45) is 6.98 Å². The Morgan fingerprint density at radius 1 is 0.500 bits per heavy atom. The number of hydrogen-bond acceptors (Lipinski definition) is 1. The first-order valence-electron chi connectivity index (χ1n) is 19.7. The van der Waals surface area contributed by atoms with E-state index in [4.69, 9.17) is 9.10 Å². The molecule has 0 atom stereocenters. The van der Waals surface area contributed by atoms with Gasteiger partial charge in [0.05, 0.1) is 22.1 Å². The predicted octanol–water partition coefficient (Wildman–Crippen LogP) is 7.99. The minimum absolute atomic E-state index is 0.653. The summed E-state index contributed by atoms with van der Waals surface area (Å²) in [6, 6.07) is 68.5. The summed E-state index contributed by atoms with van der Waals surface area (Å²) in [7, 11) is -3.08. The van der Waals surface area contributed by atoms with Gasteiger partial charge in [-0.15, -0.1) is 0 Å². The maximum absolute atomic E-state index is 8.33. The highest BCUT2D eigenvalue weighted by atomic mass is 28.3. The molecule has 3 heterocycles. The Balaban J connectivity index is 1.27. The van der Waals surface area contributed by atoms with Crippen molar-refractivity contribution in [3.8, 4) is 22.6 Å². The van der Waals surface area contributed by atoms with Crippen LogP contribution in [0.25, 0.3) is 55.5 Å². The van der Waals surface area contributed by atoms with E-state index in [0.717, 1.165) is 44.6 Å². The molecule has 0 saturated heterocycles. The zero-order valence-corrected chi connectivity index (χ0v) is 30.4. The van der Waals surface area contributed by atoms with Crippen LogP contribution >= 0.6 is 0 Å². The standard InChI is InChI=1S/C49H37N4Si/c1-51-35-52(47-27-14-13-26-46(47)51)38-18-15-23-41(33-38)54(39-19-7-3-8-20-39,40-21-9-4-10-22-40)42-28-29-44-43-24-11-12-25-45(43)53(48(44)34-42)49-32-37(30-31-50-49)36-16-5-2-6-17-36/h2-35H,1H3/q+1/i1D3. The van der Waals surface area contributed by atoms with E-state index in [1.807, 2.05) is 41.1 Å². The smallest absolute Gasteiger partial charge is 0.249 e. The fourth-order valence-electron chi connectivity index (χ4n) is 8.38. The van der Waals surface area contributed by atoms with Crippen LogP contribution in [-0.2, 0) is 6.98 Å². The zero-order chi connectivity index (χ0) is 38.6. The molecule has 0 N–H and O–H groups in total. The molecule has 0 aliphatic carbocycles. The van der Waals surface area contributed by atoms with Gasteiger partial charge in [-0.1, -0.05) is 146 Å². The number of pyridine rings is 1. The van der Waals surface area contributed by atoms with Gasteiger partial charge in [0.1, 0.15) is 11.5 Å². The summed E-state index contributed by atoms with van der Waals surface area (Å²) >= 11 is 0. The van der Waals surface area contributed by atoms with E-state index < -0.39 is 15.0 Å². The van der Waals surface area contributed by atoms with Gasteiger partial charge in [0.25, 0.3) is 0 Å². The lowest BCUT2D eigenvalue weighted by Gasteiger charge is -2.34. The fourth-order valence-corrected chi connectivity index (χ4v) is 13.2. The maximum Gasteiger partial charge on any atom is 0.249 e. The van der Waals surface area contributed by atoms with Crippen LogP contribution in [0.5, 0.6) is 0 Å². The summed E-state index contributed by atoms with van der Waals surface area (Å²) < 4.78 is 30.7. The Morgan fingerprint density at radius 2 is 1.13 bits per heavy atom. The molecule has 0 bridgehead atoms. The highest BCUT2D eigenvalue weighted by Gasteiger charge is 2.42. The lowest BCUT2D eigenvalue weighted by atomic mass is 10.1. The van der Waals surface area contributed by atoms with E-state index in [9.17, 15) is 0 Å². The molecule has 0 radical (unpaired) electrons. The molecule has 5 heteroatoms. The number of nitrogens with zero attached hydrogens (tertiary/aromatic N) is 4. The second kappa shape index (κ2) is 13.0. The summed E-state index contributed by atoms with van der Waals surface area (Å²) in [5, 5.41) is 7.22. The van der Waals surface area contributed by atoms with E-state index in [1.54, 1.807) is 6.33 Å². The molecular weight excluding hydrogens is 673 g/mol. The van der Waals surface area contributed by atoms with Gasteiger partial charge in [-0.3, -0.25) is 4.57 Å². The van der Waals surface area contributed by atoms with Gasteiger partial charge < -0.3 is 0 Å². The summed E-state index contributed by atoms with van der Waals surface area (Å²) in [6.45, 7) is -2.33. The lowest BCUT2D eigenvalue weighted by Crippen LogP contribution is -2.74. The van der Waals surface area contributed by atoms with Crippen molar-refractivity contribution in [2.45, 2.75) is 0 Å². The van der Waals surface area contributed by atoms with Crippen molar-refractivity contribution in [3.63, 3.8) is 0 Å². The topological polar surface area (TPSA) is 26.6 Å². The van der Waals surface area contributed by atoms with Gasteiger partial charge in [0, 0.05) is 17.0 Å². The van der Waals surface area contributed by atoms with Crippen molar-refractivity contribution in [1.82, 2.24) is 14.1 Å². The number of benzene rings is 7. The summed E-state index contributed by atoms with van der Waals surface area (Å²) in [5.74, 6) is 0.857. The predicted molar refractivity (Wildman–Crippen MR) is 226 cm³/mol. The maximum atomic E-state index is 8.33. The van der Waals surface area contributed by atoms with Gasteiger partial charge in [-0.25, -0.2) is 9.55 Å². The van der Waals surface area contributed by atoms with Crippen LogP contribution in [0.15, 0.2) is 207 Å². The normalized spacial score (nSPS) is 12.9.